The summed E-state index contributed by atoms with van der Waals surface area (Å²) >= 11 is 1.24. The van der Waals surface area contributed by atoms with Gasteiger partial charge in [-0.25, -0.2) is 9.78 Å². The Hall–Kier alpha value is -1.96. The number of rotatable bonds is 10. The van der Waals surface area contributed by atoms with Crippen LogP contribution in [0.3, 0.4) is 0 Å². The van der Waals surface area contributed by atoms with Crippen LogP contribution in [0.1, 0.15) is 75.5 Å². The summed E-state index contributed by atoms with van der Waals surface area (Å²) < 4.78 is 10.2. The Balaban J connectivity index is 3.05. The van der Waals surface area contributed by atoms with Gasteiger partial charge in [-0.05, 0) is 11.8 Å². The first-order valence-corrected chi connectivity index (χ1v) is 10.4. The van der Waals surface area contributed by atoms with E-state index in [0.717, 1.165) is 6.42 Å². The van der Waals surface area contributed by atoms with E-state index in [9.17, 15) is 14.4 Å². The van der Waals surface area contributed by atoms with Crippen LogP contribution in [0.15, 0.2) is 5.38 Å². The van der Waals surface area contributed by atoms with Crippen LogP contribution in [0.5, 0.6) is 0 Å². The van der Waals surface area contributed by atoms with Gasteiger partial charge in [0.25, 0.3) is 0 Å². The second kappa shape index (κ2) is 11.1. The summed E-state index contributed by atoms with van der Waals surface area (Å²) in [7, 11) is 3.08. The molecule has 0 spiro atoms. The number of hydrogen-bond acceptors (Lipinski definition) is 7. The van der Waals surface area contributed by atoms with Gasteiger partial charge in [-0.1, -0.05) is 34.1 Å². The molecule has 0 bridgehead atoms. The number of amides is 1. The Morgan fingerprint density at radius 2 is 1.89 bits per heavy atom. The topological polar surface area (TPSA) is 85.8 Å². The fourth-order valence-electron chi connectivity index (χ4n) is 2.90. The number of hydrogen-bond donors (Lipinski definition) is 0. The van der Waals surface area contributed by atoms with Crippen LogP contribution >= 0.6 is 11.3 Å². The molecule has 0 aromatic carbocycles. The molecule has 1 aromatic rings. The van der Waals surface area contributed by atoms with E-state index in [1.807, 2.05) is 13.8 Å². The zero-order valence-corrected chi connectivity index (χ0v) is 18.7. The number of esters is 2. The SMILES string of the molecule is CC[C@H](C)CC(=O)N(C)[C@H](C[C@@H](OC(C)=O)c1nc(C(=O)OC)cs1)C(C)C. The van der Waals surface area contributed by atoms with Gasteiger partial charge in [0.05, 0.1) is 7.11 Å². The predicted molar refractivity (Wildman–Crippen MR) is 108 cm³/mol. The number of ether oxygens (including phenoxy) is 2. The molecule has 1 amide bonds. The number of carbonyl (C=O) groups is 3. The lowest BCUT2D eigenvalue weighted by Gasteiger charge is -2.34. The van der Waals surface area contributed by atoms with Crippen LogP contribution in [-0.4, -0.2) is 47.9 Å². The van der Waals surface area contributed by atoms with Crippen molar-refractivity contribution in [3.8, 4) is 0 Å². The molecule has 0 aliphatic rings. The summed E-state index contributed by atoms with van der Waals surface area (Å²) in [6, 6.07) is -0.133. The van der Waals surface area contributed by atoms with Crippen molar-refractivity contribution in [1.82, 2.24) is 9.88 Å². The average molecular weight is 413 g/mol. The molecule has 0 saturated carbocycles. The molecule has 0 aliphatic heterocycles. The van der Waals surface area contributed by atoms with Crippen LogP contribution in [-0.2, 0) is 19.1 Å². The summed E-state index contributed by atoms with van der Waals surface area (Å²) in [6.45, 7) is 9.52. The molecule has 158 valence electrons. The first kappa shape index (κ1) is 24.1. The summed E-state index contributed by atoms with van der Waals surface area (Å²) in [5, 5.41) is 2.10. The van der Waals surface area contributed by atoms with E-state index in [1.54, 1.807) is 17.3 Å². The third-order valence-electron chi connectivity index (χ3n) is 4.84. The Kier molecular flexibility index (Phi) is 9.58. The monoisotopic (exact) mass is 412 g/mol. The Labute approximate surface area is 171 Å². The molecule has 0 aliphatic carbocycles. The predicted octanol–water partition coefficient (Wildman–Crippen LogP) is 3.84. The average Bonchev–Trinajstić information content (AvgIpc) is 3.13. The lowest BCUT2D eigenvalue weighted by molar-refractivity contribution is -0.148. The first-order chi connectivity index (χ1) is 13.1. The van der Waals surface area contributed by atoms with Crippen molar-refractivity contribution in [3.05, 3.63) is 16.1 Å². The lowest BCUT2D eigenvalue weighted by atomic mass is 9.95. The number of aromatic nitrogens is 1. The van der Waals surface area contributed by atoms with E-state index in [2.05, 4.69) is 18.8 Å². The highest BCUT2D eigenvalue weighted by molar-refractivity contribution is 7.09. The highest BCUT2D eigenvalue weighted by atomic mass is 32.1. The van der Waals surface area contributed by atoms with E-state index in [-0.39, 0.29) is 23.6 Å². The Morgan fingerprint density at radius 1 is 1.25 bits per heavy atom. The summed E-state index contributed by atoms with van der Waals surface area (Å²) in [4.78, 5) is 42.0. The maximum atomic E-state index is 12.7. The van der Waals surface area contributed by atoms with Crippen LogP contribution in [0, 0.1) is 11.8 Å². The van der Waals surface area contributed by atoms with Gasteiger partial charge in [0, 0.05) is 38.2 Å². The second-order valence-electron chi connectivity index (χ2n) is 7.43. The molecule has 7 nitrogen and oxygen atoms in total. The summed E-state index contributed by atoms with van der Waals surface area (Å²) in [6.07, 6.45) is 1.20. The second-order valence-corrected chi connectivity index (χ2v) is 8.32. The minimum Gasteiger partial charge on any atom is -0.464 e. The zero-order valence-electron chi connectivity index (χ0n) is 17.9. The number of carbonyl (C=O) groups excluding carboxylic acids is 3. The van der Waals surface area contributed by atoms with Gasteiger partial charge in [0.2, 0.25) is 5.91 Å². The smallest absolute Gasteiger partial charge is 0.357 e. The fraction of sp³-hybridized carbons (Fsp3) is 0.700. The van der Waals surface area contributed by atoms with Crippen molar-refractivity contribution in [2.24, 2.45) is 11.8 Å². The summed E-state index contributed by atoms with van der Waals surface area (Å²) in [5.41, 5.74) is 0.182. The number of methoxy groups -OCH3 is 1. The van der Waals surface area contributed by atoms with Crippen molar-refractivity contribution >= 4 is 29.2 Å². The minimum absolute atomic E-state index is 0.0732. The van der Waals surface area contributed by atoms with E-state index >= 15 is 0 Å². The van der Waals surface area contributed by atoms with E-state index in [1.165, 1.54) is 25.4 Å². The van der Waals surface area contributed by atoms with E-state index in [0.29, 0.717) is 23.8 Å². The third-order valence-corrected chi connectivity index (χ3v) is 5.77. The van der Waals surface area contributed by atoms with Crippen LogP contribution in [0.25, 0.3) is 0 Å². The van der Waals surface area contributed by atoms with Gasteiger partial charge < -0.3 is 14.4 Å². The zero-order chi connectivity index (χ0) is 21.4. The van der Waals surface area contributed by atoms with Crippen molar-refractivity contribution in [3.63, 3.8) is 0 Å². The molecule has 0 radical (unpaired) electrons. The molecule has 28 heavy (non-hydrogen) atoms. The van der Waals surface area contributed by atoms with Gasteiger partial charge in [-0.15, -0.1) is 11.3 Å². The minimum atomic E-state index is -0.632. The molecule has 0 N–H and O–H groups in total. The van der Waals surface area contributed by atoms with Gasteiger partial charge in [0.15, 0.2) is 11.8 Å². The van der Waals surface area contributed by atoms with Crippen molar-refractivity contribution in [2.75, 3.05) is 14.2 Å². The number of nitrogens with zero attached hydrogens (tertiary/aromatic N) is 2. The first-order valence-electron chi connectivity index (χ1n) is 9.57. The molecule has 1 heterocycles. The van der Waals surface area contributed by atoms with Crippen LogP contribution in [0.2, 0.25) is 0 Å². The standard InChI is InChI=1S/C20H32N2O5S/c1-8-13(4)9-18(24)22(6)16(12(2)3)10-17(27-14(5)23)19-21-15(11-28-19)20(25)26-7/h11-13,16-17H,8-10H2,1-7H3/t13-,16+,17+/m0/s1. The van der Waals surface area contributed by atoms with E-state index < -0.39 is 18.0 Å². The third kappa shape index (κ3) is 6.89. The normalized spacial score (nSPS) is 14.3. The Bertz CT molecular complexity index is 673. The van der Waals surface area contributed by atoms with Crippen LogP contribution in [0.4, 0.5) is 0 Å². The van der Waals surface area contributed by atoms with Crippen molar-refractivity contribution in [2.45, 2.75) is 66.0 Å². The molecule has 0 fully saturated rings. The molecule has 3 atom stereocenters. The molecular formula is C20H32N2O5S. The van der Waals surface area contributed by atoms with Gasteiger partial charge >= 0.3 is 11.9 Å². The Morgan fingerprint density at radius 3 is 2.39 bits per heavy atom. The lowest BCUT2D eigenvalue weighted by Crippen LogP contribution is -2.42. The van der Waals surface area contributed by atoms with Crippen LogP contribution < -0.4 is 0 Å². The molecule has 0 unspecified atom stereocenters. The van der Waals surface area contributed by atoms with Gasteiger partial charge in [0.1, 0.15) is 5.01 Å². The molecule has 0 saturated heterocycles. The highest BCUT2D eigenvalue weighted by Crippen LogP contribution is 2.30. The fourth-order valence-corrected chi connectivity index (χ4v) is 3.73. The molecule has 8 heteroatoms. The van der Waals surface area contributed by atoms with Crippen molar-refractivity contribution < 1.29 is 23.9 Å². The van der Waals surface area contributed by atoms with Gasteiger partial charge in [-0.3, -0.25) is 9.59 Å². The summed E-state index contributed by atoms with van der Waals surface area (Å²) in [5.74, 6) is -0.428. The maximum absolute atomic E-state index is 12.7. The maximum Gasteiger partial charge on any atom is 0.357 e. The molecule has 1 rings (SSSR count). The molecular weight excluding hydrogens is 380 g/mol. The van der Waals surface area contributed by atoms with Gasteiger partial charge in [-0.2, -0.15) is 0 Å². The van der Waals surface area contributed by atoms with Crippen molar-refractivity contribution in [1.29, 1.82) is 0 Å². The highest BCUT2D eigenvalue weighted by Gasteiger charge is 2.31. The largest absolute Gasteiger partial charge is 0.464 e. The van der Waals surface area contributed by atoms with E-state index in [4.69, 9.17) is 9.47 Å². The number of thiazole rings is 1. The molecule has 1 aromatic heterocycles. The quantitative estimate of drug-likeness (QED) is 0.543.